The quantitative estimate of drug-likeness (QED) is 0.281. The van der Waals surface area contributed by atoms with Gasteiger partial charge in [-0.05, 0) is 39.0 Å². The fourth-order valence-corrected chi connectivity index (χ4v) is 2.58. The number of ketones is 1. The number of hydrogen-bond acceptors (Lipinski definition) is 2. The minimum Gasteiger partial charge on any atom is -0.386 e. The predicted octanol–water partition coefficient (Wildman–Crippen LogP) is 5.97. The Hall–Kier alpha value is -0.630. The van der Waals surface area contributed by atoms with Gasteiger partial charge in [0.2, 0.25) is 0 Å². The van der Waals surface area contributed by atoms with Gasteiger partial charge in [0.1, 0.15) is 6.10 Å². The van der Waals surface area contributed by atoms with Crippen molar-refractivity contribution in [3.8, 4) is 0 Å². The lowest BCUT2D eigenvalue weighted by molar-refractivity contribution is -0.126. The van der Waals surface area contributed by atoms with Gasteiger partial charge in [-0.15, -0.1) is 0 Å². The molecule has 0 aliphatic heterocycles. The molecule has 0 radical (unpaired) electrons. The van der Waals surface area contributed by atoms with Crippen molar-refractivity contribution < 1.29 is 9.90 Å². The van der Waals surface area contributed by atoms with E-state index in [1.807, 2.05) is 0 Å². The summed E-state index contributed by atoms with van der Waals surface area (Å²) in [5.74, 6) is -0.0161. The molecule has 0 saturated carbocycles. The van der Waals surface area contributed by atoms with Gasteiger partial charge in [0, 0.05) is 6.42 Å². The summed E-state index contributed by atoms with van der Waals surface area (Å²) in [6.07, 6.45) is 20.9. The molecular formula is C20H38O2. The second kappa shape index (κ2) is 16.7. The zero-order valence-corrected chi connectivity index (χ0v) is 15.0. The molecule has 0 aromatic carbocycles. The Morgan fingerprint density at radius 3 is 1.77 bits per heavy atom. The Bertz CT molecular complexity index is 269. The summed E-state index contributed by atoms with van der Waals surface area (Å²) >= 11 is 0. The number of carbonyl (C=O) groups is 1. The van der Waals surface area contributed by atoms with Gasteiger partial charge in [0.15, 0.2) is 5.78 Å². The molecule has 0 aliphatic rings. The molecule has 0 saturated heterocycles. The molecule has 0 amide bonds. The van der Waals surface area contributed by atoms with E-state index in [1.165, 1.54) is 70.6 Å². The lowest BCUT2D eigenvalue weighted by Crippen LogP contribution is -2.15. The lowest BCUT2D eigenvalue weighted by Gasteiger charge is -2.03. The lowest BCUT2D eigenvalue weighted by atomic mass is 10.1. The van der Waals surface area contributed by atoms with Gasteiger partial charge in [-0.25, -0.2) is 0 Å². The normalized spacial score (nSPS) is 12.9. The van der Waals surface area contributed by atoms with E-state index in [-0.39, 0.29) is 5.78 Å². The number of allylic oxidation sites excluding steroid dienone is 2. The van der Waals surface area contributed by atoms with Crippen LogP contribution < -0.4 is 0 Å². The van der Waals surface area contributed by atoms with Crippen LogP contribution in [0.25, 0.3) is 0 Å². The molecule has 0 rings (SSSR count). The van der Waals surface area contributed by atoms with Crippen LogP contribution >= 0.6 is 0 Å². The van der Waals surface area contributed by atoms with E-state index in [0.717, 1.165) is 12.8 Å². The Morgan fingerprint density at radius 2 is 1.27 bits per heavy atom. The summed E-state index contributed by atoms with van der Waals surface area (Å²) in [6.45, 7) is 3.82. The first kappa shape index (κ1) is 21.4. The van der Waals surface area contributed by atoms with Crippen LogP contribution in [0.5, 0.6) is 0 Å². The highest BCUT2D eigenvalue weighted by Crippen LogP contribution is 2.10. The van der Waals surface area contributed by atoms with Crippen molar-refractivity contribution in [3.63, 3.8) is 0 Å². The maximum atomic E-state index is 11.2. The number of carbonyl (C=O) groups excluding carboxylic acids is 1. The van der Waals surface area contributed by atoms with E-state index in [4.69, 9.17) is 5.11 Å². The van der Waals surface area contributed by atoms with Crippen molar-refractivity contribution in [2.45, 2.75) is 110 Å². The number of aliphatic hydroxyl groups excluding tert-OH is 1. The molecule has 0 heterocycles. The number of unbranched alkanes of at least 4 members (excludes halogenated alkanes) is 11. The Kier molecular flexibility index (Phi) is 16.3. The smallest absolute Gasteiger partial charge is 0.160 e. The van der Waals surface area contributed by atoms with Crippen LogP contribution in [0.15, 0.2) is 12.2 Å². The predicted molar refractivity (Wildman–Crippen MR) is 96.1 cm³/mol. The topological polar surface area (TPSA) is 37.3 Å². The molecule has 130 valence electrons. The average Bonchev–Trinajstić information content (AvgIpc) is 2.50. The molecule has 2 nitrogen and oxygen atoms in total. The molecule has 2 heteroatoms. The molecule has 0 spiro atoms. The first-order valence-corrected chi connectivity index (χ1v) is 9.54. The maximum Gasteiger partial charge on any atom is 0.160 e. The van der Waals surface area contributed by atoms with Crippen molar-refractivity contribution in [1.82, 2.24) is 0 Å². The number of rotatable bonds is 16. The van der Waals surface area contributed by atoms with E-state index in [9.17, 15) is 4.79 Å². The van der Waals surface area contributed by atoms with Crippen LogP contribution in [0, 0.1) is 0 Å². The number of hydrogen-bond donors (Lipinski definition) is 1. The van der Waals surface area contributed by atoms with E-state index in [1.54, 1.807) is 6.92 Å². The molecule has 1 atom stereocenters. The van der Waals surface area contributed by atoms with Crippen molar-refractivity contribution in [2.75, 3.05) is 0 Å². The van der Waals surface area contributed by atoms with Gasteiger partial charge in [0.05, 0.1) is 0 Å². The third-order valence-electron chi connectivity index (χ3n) is 4.15. The summed E-state index contributed by atoms with van der Waals surface area (Å²) < 4.78 is 0. The summed E-state index contributed by atoms with van der Waals surface area (Å²) in [5, 5.41) is 9.08. The SMILES string of the molecule is CCCCCCCC/C=C/CCCCCCCC(=O)C(C)O. The first-order valence-electron chi connectivity index (χ1n) is 9.54. The molecule has 0 bridgehead atoms. The average molecular weight is 311 g/mol. The summed E-state index contributed by atoms with van der Waals surface area (Å²) in [7, 11) is 0. The molecule has 22 heavy (non-hydrogen) atoms. The third-order valence-corrected chi connectivity index (χ3v) is 4.15. The monoisotopic (exact) mass is 310 g/mol. The van der Waals surface area contributed by atoms with E-state index >= 15 is 0 Å². The van der Waals surface area contributed by atoms with Crippen LogP contribution in [0.1, 0.15) is 104 Å². The third kappa shape index (κ3) is 15.8. The maximum absolute atomic E-state index is 11.2. The molecule has 0 aliphatic carbocycles. The van der Waals surface area contributed by atoms with Crippen molar-refractivity contribution in [2.24, 2.45) is 0 Å². The van der Waals surface area contributed by atoms with Crippen molar-refractivity contribution in [3.05, 3.63) is 12.2 Å². The molecule has 1 unspecified atom stereocenters. The zero-order valence-electron chi connectivity index (χ0n) is 15.0. The summed E-state index contributed by atoms with van der Waals surface area (Å²) in [6, 6.07) is 0. The first-order chi connectivity index (χ1) is 10.7. The van der Waals surface area contributed by atoms with Crippen LogP contribution in [0.4, 0.5) is 0 Å². The number of Topliss-reactive ketones (excluding diaryl/α,β-unsaturated/α-hetero) is 1. The van der Waals surface area contributed by atoms with Crippen molar-refractivity contribution >= 4 is 5.78 Å². The van der Waals surface area contributed by atoms with Gasteiger partial charge < -0.3 is 5.11 Å². The van der Waals surface area contributed by atoms with Gasteiger partial charge in [-0.2, -0.15) is 0 Å². The molecule has 0 fully saturated rings. The van der Waals surface area contributed by atoms with Crippen LogP contribution in [-0.2, 0) is 4.79 Å². The fourth-order valence-electron chi connectivity index (χ4n) is 2.58. The standard InChI is InChI=1S/C20H38O2/c1-3-4-5-6-7-8-9-10-11-12-13-14-15-16-17-18-20(22)19(2)21/h10-11,19,21H,3-9,12-18H2,1-2H3/b11-10+. The Morgan fingerprint density at radius 1 is 0.818 bits per heavy atom. The molecule has 1 N–H and O–H groups in total. The number of aliphatic hydroxyl groups is 1. The van der Waals surface area contributed by atoms with Crippen molar-refractivity contribution in [1.29, 1.82) is 0 Å². The highest BCUT2D eigenvalue weighted by atomic mass is 16.3. The highest BCUT2D eigenvalue weighted by molar-refractivity contribution is 5.82. The fraction of sp³-hybridized carbons (Fsp3) is 0.850. The zero-order chi connectivity index (χ0) is 16.5. The second-order valence-electron chi connectivity index (χ2n) is 6.48. The van der Waals surface area contributed by atoms with Gasteiger partial charge in [-0.1, -0.05) is 70.4 Å². The van der Waals surface area contributed by atoms with E-state index in [0.29, 0.717) is 6.42 Å². The second-order valence-corrected chi connectivity index (χ2v) is 6.48. The van der Waals surface area contributed by atoms with Crippen LogP contribution in [-0.4, -0.2) is 17.0 Å². The Labute approximate surface area is 138 Å². The summed E-state index contributed by atoms with van der Waals surface area (Å²) in [4.78, 5) is 11.2. The van der Waals surface area contributed by atoms with E-state index < -0.39 is 6.10 Å². The van der Waals surface area contributed by atoms with Crippen LogP contribution in [0.3, 0.4) is 0 Å². The minimum absolute atomic E-state index is 0.0161. The molecule has 0 aromatic heterocycles. The van der Waals surface area contributed by atoms with Gasteiger partial charge >= 0.3 is 0 Å². The van der Waals surface area contributed by atoms with E-state index in [2.05, 4.69) is 19.1 Å². The minimum atomic E-state index is -0.781. The van der Waals surface area contributed by atoms with Gasteiger partial charge in [0.25, 0.3) is 0 Å². The Balaban J connectivity index is 3.16. The molecule has 0 aromatic rings. The van der Waals surface area contributed by atoms with Crippen LogP contribution in [0.2, 0.25) is 0 Å². The largest absolute Gasteiger partial charge is 0.386 e. The van der Waals surface area contributed by atoms with Gasteiger partial charge in [-0.3, -0.25) is 4.79 Å². The highest BCUT2D eigenvalue weighted by Gasteiger charge is 2.07. The summed E-state index contributed by atoms with van der Waals surface area (Å²) in [5.41, 5.74) is 0. The molecular weight excluding hydrogens is 272 g/mol.